The lowest BCUT2D eigenvalue weighted by molar-refractivity contribution is -0.121. The van der Waals surface area contributed by atoms with Gasteiger partial charge in [0.15, 0.2) is 5.75 Å². The number of pyridine rings is 1. The third kappa shape index (κ3) is 2.93. The number of allylic oxidation sites excluding steroid dienone is 2. The quantitative estimate of drug-likeness (QED) is 0.838. The fraction of sp³-hybridized carbons (Fsp3) is 0.529. The van der Waals surface area contributed by atoms with Crippen molar-refractivity contribution >= 4 is 5.91 Å². The van der Waals surface area contributed by atoms with E-state index in [4.69, 9.17) is 4.74 Å². The summed E-state index contributed by atoms with van der Waals surface area (Å²) < 4.78 is 6.77. The number of nitrogens with zero attached hydrogens (tertiary/aromatic N) is 1. The highest BCUT2D eigenvalue weighted by atomic mass is 16.5. The van der Waals surface area contributed by atoms with Crippen molar-refractivity contribution in [1.29, 1.82) is 0 Å². The van der Waals surface area contributed by atoms with Crippen molar-refractivity contribution in [2.75, 3.05) is 13.7 Å². The van der Waals surface area contributed by atoms with E-state index >= 15 is 0 Å². The number of methoxy groups -OCH3 is 1. The lowest BCUT2D eigenvalue weighted by atomic mass is 9.94. The average molecular weight is 302 g/mol. The molecule has 1 saturated carbocycles. The highest BCUT2D eigenvalue weighted by Gasteiger charge is 2.35. The number of hydrogen-bond donors (Lipinski definition) is 1. The molecular formula is C17H22N2O3. The number of nitrogens with one attached hydrogen (secondary N) is 1. The molecule has 2 bridgehead atoms. The van der Waals surface area contributed by atoms with Crippen molar-refractivity contribution in [3.8, 4) is 5.75 Å². The van der Waals surface area contributed by atoms with Gasteiger partial charge in [0.1, 0.15) is 6.54 Å². The molecule has 2 aliphatic carbocycles. The van der Waals surface area contributed by atoms with Crippen molar-refractivity contribution in [2.24, 2.45) is 17.8 Å². The Kier molecular flexibility index (Phi) is 4.05. The van der Waals surface area contributed by atoms with Crippen molar-refractivity contribution in [2.45, 2.75) is 26.3 Å². The molecule has 118 valence electrons. The number of rotatable bonds is 5. The topological polar surface area (TPSA) is 60.3 Å². The van der Waals surface area contributed by atoms with Gasteiger partial charge in [-0.2, -0.15) is 0 Å². The van der Waals surface area contributed by atoms with E-state index in [1.807, 2.05) is 6.92 Å². The van der Waals surface area contributed by atoms with Gasteiger partial charge in [0.05, 0.1) is 13.3 Å². The van der Waals surface area contributed by atoms with E-state index in [0.29, 0.717) is 11.8 Å². The fourth-order valence-electron chi connectivity index (χ4n) is 3.56. The minimum Gasteiger partial charge on any atom is -0.491 e. The predicted molar refractivity (Wildman–Crippen MR) is 83.8 cm³/mol. The number of carbonyl (C=O) groups excluding carboxylic acids is 1. The molecule has 1 heterocycles. The number of hydrogen-bond acceptors (Lipinski definition) is 3. The zero-order valence-electron chi connectivity index (χ0n) is 13.0. The van der Waals surface area contributed by atoms with Gasteiger partial charge < -0.3 is 14.6 Å². The van der Waals surface area contributed by atoms with Crippen LogP contribution in [0.3, 0.4) is 0 Å². The Morgan fingerprint density at radius 3 is 2.86 bits per heavy atom. The maximum atomic E-state index is 12.1. The third-order valence-corrected chi connectivity index (χ3v) is 4.82. The van der Waals surface area contributed by atoms with Crippen molar-refractivity contribution < 1.29 is 9.53 Å². The van der Waals surface area contributed by atoms with Crippen LogP contribution in [0.4, 0.5) is 0 Å². The first-order valence-electron chi connectivity index (χ1n) is 7.77. The summed E-state index contributed by atoms with van der Waals surface area (Å²) in [5, 5.41) is 3.02. The molecule has 1 aromatic heterocycles. The van der Waals surface area contributed by atoms with Gasteiger partial charge in [-0.1, -0.05) is 12.2 Å². The Morgan fingerprint density at radius 2 is 2.23 bits per heavy atom. The number of carbonyl (C=O) groups is 1. The summed E-state index contributed by atoms with van der Waals surface area (Å²) in [6, 6.07) is 1.49. The molecular weight excluding hydrogens is 280 g/mol. The van der Waals surface area contributed by atoms with E-state index in [1.54, 1.807) is 10.8 Å². The predicted octanol–water partition coefficient (Wildman–Crippen LogP) is 1.49. The molecule has 5 heteroatoms. The molecule has 0 spiro atoms. The van der Waals surface area contributed by atoms with Crippen LogP contribution >= 0.6 is 0 Å². The van der Waals surface area contributed by atoms with Gasteiger partial charge >= 0.3 is 0 Å². The van der Waals surface area contributed by atoms with Gasteiger partial charge in [-0.15, -0.1) is 0 Å². The van der Waals surface area contributed by atoms with Crippen LogP contribution in [0.15, 0.2) is 29.2 Å². The van der Waals surface area contributed by atoms with Crippen LogP contribution in [-0.4, -0.2) is 24.1 Å². The van der Waals surface area contributed by atoms with Crippen LogP contribution in [0.5, 0.6) is 5.75 Å². The zero-order valence-corrected chi connectivity index (χ0v) is 13.0. The maximum absolute atomic E-state index is 12.1. The van der Waals surface area contributed by atoms with Crippen LogP contribution in [0, 0.1) is 24.7 Å². The normalized spacial score (nSPS) is 25.5. The molecule has 0 aromatic carbocycles. The Labute approximate surface area is 130 Å². The van der Waals surface area contributed by atoms with E-state index in [1.165, 1.54) is 26.0 Å². The van der Waals surface area contributed by atoms with Gasteiger partial charge in [-0.3, -0.25) is 9.59 Å². The highest BCUT2D eigenvalue weighted by Crippen LogP contribution is 2.42. The van der Waals surface area contributed by atoms with Gasteiger partial charge in [0.2, 0.25) is 11.3 Å². The van der Waals surface area contributed by atoms with Gasteiger partial charge in [-0.25, -0.2) is 0 Å². The molecule has 2 aliphatic rings. The highest BCUT2D eigenvalue weighted by molar-refractivity contribution is 5.75. The molecule has 1 aromatic rings. The molecule has 1 fully saturated rings. The third-order valence-electron chi connectivity index (χ3n) is 4.82. The molecule has 0 unspecified atom stereocenters. The van der Waals surface area contributed by atoms with Crippen molar-refractivity contribution in [1.82, 2.24) is 9.88 Å². The summed E-state index contributed by atoms with van der Waals surface area (Å²) in [7, 11) is 1.46. The Morgan fingerprint density at radius 1 is 1.41 bits per heavy atom. The second-order valence-electron chi connectivity index (χ2n) is 6.32. The largest absolute Gasteiger partial charge is 0.491 e. The van der Waals surface area contributed by atoms with E-state index < -0.39 is 0 Å². The zero-order chi connectivity index (χ0) is 15.7. The summed E-state index contributed by atoms with van der Waals surface area (Å²) in [6.45, 7) is 2.76. The minimum absolute atomic E-state index is 0.0273. The molecule has 0 saturated heterocycles. The molecule has 5 nitrogen and oxygen atoms in total. The molecule has 3 atom stereocenters. The number of ether oxygens (including phenoxy) is 1. The van der Waals surface area contributed by atoms with Crippen LogP contribution < -0.4 is 15.5 Å². The number of amides is 1. The SMILES string of the molecule is COc1cn(CC(=O)NC[C@@H]2C[C@H]3C=C[C@H]2C3)c(C)cc1=O. The van der Waals surface area contributed by atoms with Crippen molar-refractivity contribution in [3.63, 3.8) is 0 Å². The van der Waals surface area contributed by atoms with Crippen LogP contribution in [0.25, 0.3) is 0 Å². The van der Waals surface area contributed by atoms with E-state index in [9.17, 15) is 9.59 Å². The van der Waals surface area contributed by atoms with Crippen LogP contribution in [0.2, 0.25) is 0 Å². The summed E-state index contributed by atoms with van der Waals surface area (Å²) in [5.41, 5.74) is 0.592. The van der Waals surface area contributed by atoms with Crippen molar-refractivity contribution in [3.05, 3.63) is 40.3 Å². The van der Waals surface area contributed by atoms with Gasteiger partial charge in [-0.05, 0) is 37.5 Å². The van der Waals surface area contributed by atoms with E-state index in [-0.39, 0.29) is 23.6 Å². The van der Waals surface area contributed by atoms with Crippen LogP contribution in [-0.2, 0) is 11.3 Å². The van der Waals surface area contributed by atoms with Gasteiger partial charge in [0.25, 0.3) is 0 Å². The Balaban J connectivity index is 1.58. The molecule has 0 aliphatic heterocycles. The number of fused-ring (bicyclic) bond motifs is 2. The van der Waals surface area contributed by atoms with Gasteiger partial charge in [0, 0.05) is 18.3 Å². The maximum Gasteiger partial charge on any atom is 0.239 e. The standard InChI is InChI=1S/C17H22N2O3/c1-11-5-15(20)16(22-2)9-19(11)10-17(21)18-8-14-7-12-3-4-13(14)6-12/h3-5,9,12-14H,6-8,10H2,1-2H3,(H,18,21)/t12-,13-,14-/m0/s1. The lowest BCUT2D eigenvalue weighted by Crippen LogP contribution is -2.34. The van der Waals surface area contributed by atoms with E-state index in [0.717, 1.165) is 18.2 Å². The smallest absolute Gasteiger partial charge is 0.239 e. The van der Waals surface area contributed by atoms with E-state index in [2.05, 4.69) is 17.5 Å². The molecule has 22 heavy (non-hydrogen) atoms. The second-order valence-corrected chi connectivity index (χ2v) is 6.32. The Bertz CT molecular complexity index is 662. The molecule has 0 radical (unpaired) electrons. The Hall–Kier alpha value is -2.04. The molecule has 3 rings (SSSR count). The number of aromatic nitrogens is 1. The second kappa shape index (κ2) is 5.99. The summed E-state index contributed by atoms with van der Waals surface area (Å²) in [5.74, 6) is 2.16. The fourth-order valence-corrected chi connectivity index (χ4v) is 3.56. The number of aryl methyl sites for hydroxylation is 1. The first-order chi connectivity index (χ1) is 10.6. The summed E-state index contributed by atoms with van der Waals surface area (Å²) in [4.78, 5) is 23.8. The molecule has 1 N–H and O–H groups in total. The first kappa shape index (κ1) is 14.9. The monoisotopic (exact) mass is 302 g/mol. The first-order valence-corrected chi connectivity index (χ1v) is 7.77. The summed E-state index contributed by atoms with van der Waals surface area (Å²) in [6.07, 6.45) is 8.63. The minimum atomic E-state index is -0.162. The summed E-state index contributed by atoms with van der Waals surface area (Å²) >= 11 is 0. The van der Waals surface area contributed by atoms with Crippen LogP contribution in [0.1, 0.15) is 18.5 Å². The average Bonchev–Trinajstić information content (AvgIpc) is 3.10. The molecule has 1 amide bonds. The lowest BCUT2D eigenvalue weighted by Gasteiger charge is -2.19.